The standard InChI is InChI=1S/C10H11BrN2O3/c11-8-5-7(13(15)16)1-2-9(8)12-10(6-14)3-4-10/h1-2,5,12,14H,3-4,6H2. The number of hydrogen-bond donors (Lipinski definition) is 2. The summed E-state index contributed by atoms with van der Waals surface area (Å²) in [7, 11) is 0. The monoisotopic (exact) mass is 286 g/mol. The number of anilines is 1. The molecular formula is C10H11BrN2O3. The second kappa shape index (κ2) is 4.03. The van der Waals surface area contributed by atoms with E-state index < -0.39 is 4.92 Å². The molecule has 1 aliphatic rings. The molecule has 0 aliphatic heterocycles. The van der Waals surface area contributed by atoms with Crippen molar-refractivity contribution >= 4 is 27.3 Å². The van der Waals surface area contributed by atoms with Crippen molar-refractivity contribution in [3.05, 3.63) is 32.8 Å². The lowest BCUT2D eigenvalue weighted by atomic mass is 10.2. The van der Waals surface area contributed by atoms with Gasteiger partial charge in [-0.05, 0) is 34.8 Å². The van der Waals surface area contributed by atoms with Crippen LogP contribution in [0.5, 0.6) is 0 Å². The summed E-state index contributed by atoms with van der Waals surface area (Å²) in [5.41, 5.74) is 0.599. The van der Waals surface area contributed by atoms with Gasteiger partial charge in [0, 0.05) is 22.3 Å². The van der Waals surface area contributed by atoms with Gasteiger partial charge in [-0.3, -0.25) is 10.1 Å². The fourth-order valence-corrected chi connectivity index (χ4v) is 1.94. The van der Waals surface area contributed by atoms with Crippen LogP contribution in [0, 0.1) is 10.1 Å². The summed E-state index contributed by atoms with van der Waals surface area (Å²) in [5.74, 6) is 0. The van der Waals surface area contributed by atoms with Crippen LogP contribution in [-0.4, -0.2) is 22.2 Å². The second-order valence-corrected chi connectivity index (χ2v) is 4.84. The topological polar surface area (TPSA) is 75.4 Å². The van der Waals surface area contributed by atoms with Crippen molar-refractivity contribution in [2.24, 2.45) is 0 Å². The molecule has 1 saturated carbocycles. The van der Waals surface area contributed by atoms with Crippen LogP contribution in [0.15, 0.2) is 22.7 Å². The van der Waals surface area contributed by atoms with E-state index in [0.29, 0.717) is 4.47 Å². The number of nitro groups is 1. The Bertz CT molecular complexity index is 432. The molecule has 2 N–H and O–H groups in total. The molecule has 1 aliphatic carbocycles. The minimum atomic E-state index is -0.437. The third-order valence-corrected chi connectivity index (χ3v) is 3.38. The highest BCUT2D eigenvalue weighted by Crippen LogP contribution is 2.40. The van der Waals surface area contributed by atoms with Gasteiger partial charge >= 0.3 is 0 Å². The maximum absolute atomic E-state index is 10.5. The SMILES string of the molecule is O=[N+]([O-])c1ccc(NC2(CO)CC2)c(Br)c1. The minimum absolute atomic E-state index is 0.0475. The molecule has 0 saturated heterocycles. The lowest BCUT2D eigenvalue weighted by molar-refractivity contribution is -0.384. The van der Waals surface area contributed by atoms with E-state index in [4.69, 9.17) is 5.11 Å². The molecule has 1 fully saturated rings. The Labute approximate surface area is 101 Å². The van der Waals surface area contributed by atoms with Crippen LogP contribution in [0.4, 0.5) is 11.4 Å². The molecule has 0 amide bonds. The molecule has 0 bridgehead atoms. The smallest absolute Gasteiger partial charge is 0.270 e. The van der Waals surface area contributed by atoms with Gasteiger partial charge in [0.25, 0.3) is 5.69 Å². The molecular weight excluding hydrogens is 276 g/mol. The van der Waals surface area contributed by atoms with E-state index in [1.165, 1.54) is 12.1 Å². The van der Waals surface area contributed by atoms with Gasteiger partial charge in [-0.2, -0.15) is 0 Å². The molecule has 0 spiro atoms. The van der Waals surface area contributed by atoms with E-state index in [9.17, 15) is 10.1 Å². The quantitative estimate of drug-likeness (QED) is 0.658. The molecule has 0 unspecified atom stereocenters. The third kappa shape index (κ3) is 2.17. The normalized spacial score (nSPS) is 16.9. The van der Waals surface area contributed by atoms with Crippen LogP contribution >= 0.6 is 15.9 Å². The Morgan fingerprint density at radius 2 is 2.25 bits per heavy atom. The van der Waals surface area contributed by atoms with Crippen LogP contribution < -0.4 is 5.32 Å². The number of nitro benzene ring substituents is 1. The Kier molecular flexibility index (Phi) is 2.86. The summed E-state index contributed by atoms with van der Waals surface area (Å²) in [6.07, 6.45) is 1.85. The predicted molar refractivity (Wildman–Crippen MR) is 63.5 cm³/mol. The third-order valence-electron chi connectivity index (χ3n) is 2.72. The number of aliphatic hydroxyl groups excluding tert-OH is 1. The number of halogens is 1. The number of nitrogens with one attached hydrogen (secondary N) is 1. The highest BCUT2D eigenvalue weighted by atomic mass is 79.9. The molecule has 1 aromatic rings. The Morgan fingerprint density at radius 1 is 1.56 bits per heavy atom. The number of benzene rings is 1. The number of aliphatic hydroxyl groups is 1. The van der Waals surface area contributed by atoms with Gasteiger partial charge < -0.3 is 10.4 Å². The van der Waals surface area contributed by atoms with Gasteiger partial charge in [-0.25, -0.2) is 0 Å². The van der Waals surface area contributed by atoms with Gasteiger partial charge in [-0.15, -0.1) is 0 Å². The van der Waals surface area contributed by atoms with E-state index in [-0.39, 0.29) is 17.8 Å². The molecule has 0 heterocycles. The molecule has 6 heteroatoms. The highest BCUT2D eigenvalue weighted by molar-refractivity contribution is 9.10. The van der Waals surface area contributed by atoms with Crippen LogP contribution in [0.1, 0.15) is 12.8 Å². The first-order valence-corrected chi connectivity index (χ1v) is 5.69. The van der Waals surface area contributed by atoms with E-state index in [1.807, 2.05) is 0 Å². The van der Waals surface area contributed by atoms with Gasteiger partial charge in [0.15, 0.2) is 0 Å². The van der Waals surface area contributed by atoms with Crippen molar-refractivity contribution in [3.63, 3.8) is 0 Å². The zero-order valence-corrected chi connectivity index (χ0v) is 10.0. The molecule has 0 aromatic heterocycles. The average Bonchev–Trinajstić information content (AvgIpc) is 3.01. The highest BCUT2D eigenvalue weighted by Gasteiger charge is 2.42. The summed E-state index contributed by atoms with van der Waals surface area (Å²) in [6, 6.07) is 4.55. The Hall–Kier alpha value is -1.14. The van der Waals surface area contributed by atoms with E-state index in [1.54, 1.807) is 6.07 Å². The molecule has 2 rings (SSSR count). The lowest BCUT2D eigenvalue weighted by Gasteiger charge is -2.16. The van der Waals surface area contributed by atoms with Crippen molar-refractivity contribution in [1.82, 2.24) is 0 Å². The summed E-state index contributed by atoms with van der Waals surface area (Å²) in [6.45, 7) is 0.0798. The lowest BCUT2D eigenvalue weighted by Crippen LogP contribution is -2.25. The second-order valence-electron chi connectivity index (χ2n) is 3.98. The first-order valence-electron chi connectivity index (χ1n) is 4.89. The molecule has 5 nitrogen and oxygen atoms in total. The predicted octanol–water partition coefficient (Wildman–Crippen LogP) is 2.29. The van der Waals surface area contributed by atoms with Crippen molar-refractivity contribution in [3.8, 4) is 0 Å². The van der Waals surface area contributed by atoms with Crippen LogP contribution in [-0.2, 0) is 0 Å². The van der Waals surface area contributed by atoms with Gasteiger partial charge in [0.1, 0.15) is 0 Å². The fourth-order valence-electron chi connectivity index (χ4n) is 1.48. The van der Waals surface area contributed by atoms with Gasteiger partial charge in [0.05, 0.1) is 17.1 Å². The van der Waals surface area contributed by atoms with E-state index in [0.717, 1.165) is 18.5 Å². The molecule has 1 aromatic carbocycles. The molecule has 0 atom stereocenters. The first kappa shape index (κ1) is 11.3. The number of hydrogen-bond acceptors (Lipinski definition) is 4. The van der Waals surface area contributed by atoms with Crippen LogP contribution in [0.3, 0.4) is 0 Å². The summed E-state index contributed by atoms with van der Waals surface area (Å²) >= 11 is 3.28. The average molecular weight is 287 g/mol. The molecule has 0 radical (unpaired) electrons. The maximum Gasteiger partial charge on any atom is 0.270 e. The fraction of sp³-hybridized carbons (Fsp3) is 0.400. The first-order chi connectivity index (χ1) is 7.56. The zero-order chi connectivity index (χ0) is 11.8. The molecule has 16 heavy (non-hydrogen) atoms. The van der Waals surface area contributed by atoms with Gasteiger partial charge in [-0.1, -0.05) is 0 Å². The van der Waals surface area contributed by atoms with Crippen molar-refractivity contribution in [2.45, 2.75) is 18.4 Å². The molecule has 86 valence electrons. The Morgan fingerprint density at radius 3 is 2.69 bits per heavy atom. The van der Waals surface area contributed by atoms with Crippen LogP contribution in [0.25, 0.3) is 0 Å². The van der Waals surface area contributed by atoms with Crippen molar-refractivity contribution < 1.29 is 10.0 Å². The summed E-state index contributed by atoms with van der Waals surface area (Å²) < 4.78 is 0.640. The van der Waals surface area contributed by atoms with Crippen molar-refractivity contribution in [1.29, 1.82) is 0 Å². The van der Waals surface area contributed by atoms with Crippen LogP contribution in [0.2, 0.25) is 0 Å². The summed E-state index contributed by atoms with van der Waals surface area (Å²) in [5, 5.41) is 22.9. The number of rotatable bonds is 4. The van der Waals surface area contributed by atoms with Gasteiger partial charge in [0.2, 0.25) is 0 Å². The number of nitrogens with zero attached hydrogens (tertiary/aromatic N) is 1. The minimum Gasteiger partial charge on any atom is -0.394 e. The number of non-ortho nitro benzene ring substituents is 1. The van der Waals surface area contributed by atoms with Crippen molar-refractivity contribution in [2.75, 3.05) is 11.9 Å². The Balaban J connectivity index is 2.20. The maximum atomic E-state index is 10.5. The largest absolute Gasteiger partial charge is 0.394 e. The zero-order valence-electron chi connectivity index (χ0n) is 8.44. The van der Waals surface area contributed by atoms with E-state index in [2.05, 4.69) is 21.2 Å². The van der Waals surface area contributed by atoms with E-state index >= 15 is 0 Å². The summed E-state index contributed by atoms with van der Waals surface area (Å²) in [4.78, 5) is 10.1.